The molecule has 3 heteroatoms. The average molecular weight is 297 g/mol. The van der Waals surface area contributed by atoms with Crippen molar-refractivity contribution >= 4 is 22.8 Å². The Bertz CT molecular complexity index is 641. The molecule has 116 valence electrons. The van der Waals surface area contributed by atoms with Gasteiger partial charge >= 0.3 is 0 Å². The molecule has 0 fully saturated rings. The number of fused-ring (bicyclic) bond motifs is 1. The lowest BCUT2D eigenvalue weighted by Crippen LogP contribution is -2.23. The summed E-state index contributed by atoms with van der Waals surface area (Å²) < 4.78 is 5.43. The Morgan fingerprint density at radius 2 is 1.95 bits per heavy atom. The van der Waals surface area contributed by atoms with E-state index in [4.69, 9.17) is 4.74 Å². The Hall–Kier alpha value is -2.13. The molecule has 0 aromatic heterocycles. The zero-order chi connectivity index (χ0) is 15.8. The summed E-state index contributed by atoms with van der Waals surface area (Å²) >= 11 is 0. The number of carbonyl (C=O) groups is 1. The maximum absolute atomic E-state index is 11.8. The van der Waals surface area contributed by atoms with Gasteiger partial charge in [-0.3, -0.25) is 4.79 Å². The SMILES string of the molecule is CC(C)OCCCNC(=O)/C=C/c1cccc2ccccc12. The molecule has 0 aliphatic carbocycles. The van der Waals surface area contributed by atoms with E-state index in [1.807, 2.05) is 44.2 Å². The minimum atomic E-state index is -0.0718. The minimum absolute atomic E-state index is 0.0718. The number of hydrogen-bond acceptors (Lipinski definition) is 2. The van der Waals surface area contributed by atoms with Crippen LogP contribution in [0.5, 0.6) is 0 Å². The summed E-state index contributed by atoms with van der Waals surface area (Å²) in [5.41, 5.74) is 1.05. The molecule has 0 bridgehead atoms. The number of hydrogen-bond donors (Lipinski definition) is 1. The van der Waals surface area contributed by atoms with E-state index in [1.54, 1.807) is 6.08 Å². The molecule has 0 aliphatic rings. The third-order valence-corrected chi connectivity index (χ3v) is 3.31. The smallest absolute Gasteiger partial charge is 0.244 e. The maximum Gasteiger partial charge on any atom is 0.244 e. The summed E-state index contributed by atoms with van der Waals surface area (Å²) in [5.74, 6) is -0.0718. The lowest BCUT2D eigenvalue weighted by molar-refractivity contribution is -0.116. The normalized spacial score (nSPS) is 11.4. The van der Waals surface area contributed by atoms with Crippen LogP contribution in [0, 0.1) is 0 Å². The molecule has 0 saturated carbocycles. The third-order valence-electron chi connectivity index (χ3n) is 3.31. The van der Waals surface area contributed by atoms with Gasteiger partial charge in [0.25, 0.3) is 0 Å². The second-order valence-electron chi connectivity index (χ2n) is 5.47. The number of carbonyl (C=O) groups excluding carboxylic acids is 1. The highest BCUT2D eigenvalue weighted by molar-refractivity contribution is 5.96. The zero-order valence-electron chi connectivity index (χ0n) is 13.2. The topological polar surface area (TPSA) is 38.3 Å². The minimum Gasteiger partial charge on any atom is -0.379 e. The van der Waals surface area contributed by atoms with Crippen LogP contribution in [-0.4, -0.2) is 25.2 Å². The van der Waals surface area contributed by atoms with Crippen LogP contribution in [0.2, 0.25) is 0 Å². The summed E-state index contributed by atoms with van der Waals surface area (Å²) in [6, 6.07) is 14.3. The van der Waals surface area contributed by atoms with E-state index in [9.17, 15) is 4.79 Å². The van der Waals surface area contributed by atoms with Gasteiger partial charge in [0.15, 0.2) is 0 Å². The van der Waals surface area contributed by atoms with Crippen LogP contribution >= 0.6 is 0 Å². The van der Waals surface area contributed by atoms with Gasteiger partial charge in [0, 0.05) is 19.2 Å². The Balaban J connectivity index is 1.86. The Labute approximate surface area is 132 Å². The molecule has 22 heavy (non-hydrogen) atoms. The summed E-state index contributed by atoms with van der Waals surface area (Å²) in [5, 5.41) is 5.20. The number of nitrogens with one attached hydrogen (secondary N) is 1. The molecule has 0 atom stereocenters. The standard InChI is InChI=1S/C19H23NO2/c1-15(2)22-14-6-13-20-19(21)12-11-17-9-5-8-16-7-3-4-10-18(16)17/h3-5,7-12,15H,6,13-14H2,1-2H3,(H,20,21)/b12-11+. The summed E-state index contributed by atoms with van der Waals surface area (Å²) in [4.78, 5) is 11.8. The molecule has 2 aromatic carbocycles. The van der Waals surface area contributed by atoms with Gasteiger partial charge in [-0.15, -0.1) is 0 Å². The predicted octanol–water partition coefficient (Wildman–Crippen LogP) is 3.78. The van der Waals surface area contributed by atoms with Crippen molar-refractivity contribution in [2.45, 2.75) is 26.4 Å². The fourth-order valence-electron chi connectivity index (χ4n) is 2.22. The fourth-order valence-corrected chi connectivity index (χ4v) is 2.22. The summed E-state index contributed by atoms with van der Waals surface area (Å²) in [6.07, 6.45) is 4.52. The molecule has 1 N–H and O–H groups in total. The van der Waals surface area contributed by atoms with Gasteiger partial charge in [-0.05, 0) is 42.7 Å². The van der Waals surface area contributed by atoms with Crippen LogP contribution in [0.1, 0.15) is 25.8 Å². The molecule has 2 rings (SSSR count). The third kappa shape index (κ3) is 5.01. The molecule has 0 radical (unpaired) electrons. The van der Waals surface area contributed by atoms with Crippen molar-refractivity contribution in [2.24, 2.45) is 0 Å². The number of benzene rings is 2. The van der Waals surface area contributed by atoms with E-state index >= 15 is 0 Å². The first-order valence-electron chi connectivity index (χ1n) is 7.72. The van der Waals surface area contributed by atoms with Crippen LogP contribution in [0.15, 0.2) is 48.5 Å². The summed E-state index contributed by atoms with van der Waals surface area (Å²) in [7, 11) is 0. The molecular weight excluding hydrogens is 274 g/mol. The molecule has 0 aliphatic heterocycles. The van der Waals surface area contributed by atoms with Gasteiger partial charge in [0.2, 0.25) is 5.91 Å². The van der Waals surface area contributed by atoms with Gasteiger partial charge in [-0.2, -0.15) is 0 Å². The van der Waals surface area contributed by atoms with E-state index in [1.165, 1.54) is 5.39 Å². The Kier molecular flexibility index (Phi) is 6.16. The first kappa shape index (κ1) is 16.2. The molecule has 0 spiro atoms. The van der Waals surface area contributed by atoms with Crippen molar-refractivity contribution in [3.8, 4) is 0 Å². The van der Waals surface area contributed by atoms with Gasteiger partial charge in [0.05, 0.1) is 6.10 Å². The molecule has 0 saturated heterocycles. The lowest BCUT2D eigenvalue weighted by atomic mass is 10.0. The van der Waals surface area contributed by atoms with Gasteiger partial charge in [0.1, 0.15) is 0 Å². The van der Waals surface area contributed by atoms with Crippen LogP contribution in [-0.2, 0) is 9.53 Å². The highest BCUT2D eigenvalue weighted by Crippen LogP contribution is 2.19. The highest BCUT2D eigenvalue weighted by atomic mass is 16.5. The molecular formula is C19H23NO2. The molecule has 3 nitrogen and oxygen atoms in total. The van der Waals surface area contributed by atoms with Crippen LogP contribution < -0.4 is 5.32 Å². The van der Waals surface area contributed by atoms with Crippen molar-refractivity contribution in [2.75, 3.05) is 13.2 Å². The first-order chi connectivity index (χ1) is 10.7. The molecule has 0 heterocycles. The Morgan fingerprint density at radius 3 is 2.77 bits per heavy atom. The van der Waals surface area contributed by atoms with E-state index in [0.717, 1.165) is 17.4 Å². The maximum atomic E-state index is 11.8. The van der Waals surface area contributed by atoms with Crippen molar-refractivity contribution in [1.29, 1.82) is 0 Å². The molecule has 0 unspecified atom stereocenters. The number of ether oxygens (including phenoxy) is 1. The van der Waals surface area contributed by atoms with Crippen molar-refractivity contribution in [1.82, 2.24) is 5.32 Å². The lowest BCUT2D eigenvalue weighted by Gasteiger charge is -2.07. The number of rotatable bonds is 7. The van der Waals surface area contributed by atoms with Gasteiger partial charge < -0.3 is 10.1 Å². The largest absolute Gasteiger partial charge is 0.379 e. The second kappa shape index (κ2) is 8.35. The zero-order valence-corrected chi connectivity index (χ0v) is 13.2. The van der Waals surface area contributed by atoms with Crippen LogP contribution in [0.25, 0.3) is 16.8 Å². The second-order valence-corrected chi connectivity index (χ2v) is 5.47. The molecule has 2 aromatic rings. The van der Waals surface area contributed by atoms with Crippen LogP contribution in [0.4, 0.5) is 0 Å². The quantitative estimate of drug-likeness (QED) is 0.624. The van der Waals surface area contributed by atoms with Gasteiger partial charge in [-0.1, -0.05) is 42.5 Å². The first-order valence-corrected chi connectivity index (χ1v) is 7.72. The predicted molar refractivity (Wildman–Crippen MR) is 91.7 cm³/mol. The van der Waals surface area contributed by atoms with E-state index in [2.05, 4.69) is 23.5 Å². The highest BCUT2D eigenvalue weighted by Gasteiger charge is 1.99. The Morgan fingerprint density at radius 1 is 1.18 bits per heavy atom. The number of amides is 1. The molecule has 1 amide bonds. The fraction of sp³-hybridized carbons (Fsp3) is 0.316. The average Bonchev–Trinajstić information content (AvgIpc) is 2.52. The van der Waals surface area contributed by atoms with Crippen molar-refractivity contribution < 1.29 is 9.53 Å². The van der Waals surface area contributed by atoms with Gasteiger partial charge in [-0.25, -0.2) is 0 Å². The van der Waals surface area contributed by atoms with Crippen LogP contribution in [0.3, 0.4) is 0 Å². The van der Waals surface area contributed by atoms with E-state index in [0.29, 0.717) is 13.2 Å². The van der Waals surface area contributed by atoms with E-state index < -0.39 is 0 Å². The summed E-state index contributed by atoms with van der Waals surface area (Å²) in [6.45, 7) is 5.31. The van der Waals surface area contributed by atoms with E-state index in [-0.39, 0.29) is 12.0 Å². The van der Waals surface area contributed by atoms with Crippen molar-refractivity contribution in [3.63, 3.8) is 0 Å². The monoisotopic (exact) mass is 297 g/mol. The van der Waals surface area contributed by atoms with Crippen molar-refractivity contribution in [3.05, 3.63) is 54.1 Å².